The Morgan fingerprint density at radius 1 is 1.53 bits per heavy atom. The van der Waals surface area contributed by atoms with E-state index in [-0.39, 0.29) is 11.5 Å². The van der Waals surface area contributed by atoms with Crippen LogP contribution in [0.5, 0.6) is 0 Å². The van der Waals surface area contributed by atoms with Crippen LogP contribution in [-0.2, 0) is 7.05 Å². The number of carboxylic acids is 1. The predicted molar refractivity (Wildman–Crippen MR) is 62.4 cm³/mol. The number of hydrogen-bond donors (Lipinski definition) is 2. The highest BCUT2D eigenvalue weighted by Crippen LogP contribution is 2.23. The van der Waals surface area contributed by atoms with Crippen LogP contribution in [0.2, 0.25) is 0 Å². The summed E-state index contributed by atoms with van der Waals surface area (Å²) in [7, 11) is 1.69. The van der Waals surface area contributed by atoms with Crippen LogP contribution in [0.4, 0.5) is 5.00 Å². The van der Waals surface area contributed by atoms with E-state index in [1.807, 2.05) is 0 Å². The Morgan fingerprint density at radius 2 is 2.29 bits per heavy atom. The van der Waals surface area contributed by atoms with Crippen LogP contribution in [-0.4, -0.2) is 26.5 Å². The summed E-state index contributed by atoms with van der Waals surface area (Å²) in [4.78, 5) is 26.5. The lowest BCUT2D eigenvalue weighted by molar-refractivity contribution is 0.0698. The molecule has 0 aliphatic carbocycles. The molecular weight excluding hydrogens is 242 g/mol. The number of aromatic nitrogens is 2. The molecule has 2 aromatic rings. The molecule has 0 saturated carbocycles. The number of rotatable bonds is 3. The van der Waals surface area contributed by atoms with Crippen molar-refractivity contribution in [3.63, 3.8) is 0 Å². The summed E-state index contributed by atoms with van der Waals surface area (Å²) < 4.78 is 1.56. The Kier molecular flexibility index (Phi) is 2.92. The molecule has 0 aromatic carbocycles. The number of imidazole rings is 1. The van der Waals surface area contributed by atoms with E-state index in [9.17, 15) is 9.59 Å². The van der Waals surface area contributed by atoms with E-state index in [0.29, 0.717) is 10.7 Å². The Labute approximate surface area is 101 Å². The highest BCUT2D eigenvalue weighted by Gasteiger charge is 2.16. The molecule has 7 heteroatoms. The van der Waals surface area contributed by atoms with Crippen molar-refractivity contribution in [3.8, 4) is 0 Å². The number of carbonyl (C=O) groups excluding carboxylic acids is 1. The van der Waals surface area contributed by atoms with E-state index in [0.717, 1.165) is 0 Å². The molecule has 6 nitrogen and oxygen atoms in total. The van der Waals surface area contributed by atoms with E-state index in [4.69, 9.17) is 5.11 Å². The van der Waals surface area contributed by atoms with Crippen molar-refractivity contribution in [1.29, 1.82) is 0 Å². The molecule has 2 heterocycles. The van der Waals surface area contributed by atoms with Gasteiger partial charge in [-0.25, -0.2) is 9.78 Å². The maximum atomic E-state index is 11.8. The molecule has 0 saturated heterocycles. The van der Waals surface area contributed by atoms with E-state index in [2.05, 4.69) is 10.3 Å². The lowest BCUT2D eigenvalue weighted by Gasteiger charge is -2.04. The number of nitrogens with one attached hydrogen (secondary N) is 1. The minimum Gasteiger partial charge on any atom is -0.478 e. The number of carboxylic acid groups (broad SMARTS) is 1. The van der Waals surface area contributed by atoms with Crippen LogP contribution in [0.15, 0.2) is 24.0 Å². The van der Waals surface area contributed by atoms with Crippen LogP contribution in [0, 0.1) is 0 Å². The fourth-order valence-corrected chi connectivity index (χ4v) is 2.09. The van der Waals surface area contributed by atoms with Crippen LogP contribution in [0.25, 0.3) is 0 Å². The molecule has 0 spiro atoms. The summed E-state index contributed by atoms with van der Waals surface area (Å²) in [6, 6.07) is 1.45. The van der Waals surface area contributed by atoms with Crippen molar-refractivity contribution in [2.75, 3.05) is 5.32 Å². The second kappa shape index (κ2) is 4.38. The number of hydrogen-bond acceptors (Lipinski definition) is 4. The molecule has 0 radical (unpaired) electrons. The van der Waals surface area contributed by atoms with Gasteiger partial charge >= 0.3 is 5.97 Å². The molecule has 0 aliphatic rings. The zero-order valence-electron chi connectivity index (χ0n) is 8.88. The topological polar surface area (TPSA) is 84.2 Å². The standard InChI is InChI=1S/C10H9N3O3S/c1-13-5-11-4-7(13)8(14)12-9-6(10(15)16)2-3-17-9/h2-5H,1H3,(H,12,14)(H,15,16). The van der Waals surface area contributed by atoms with Crippen molar-refractivity contribution in [1.82, 2.24) is 9.55 Å². The van der Waals surface area contributed by atoms with Crippen molar-refractivity contribution in [2.45, 2.75) is 0 Å². The lowest BCUT2D eigenvalue weighted by Crippen LogP contribution is -2.16. The zero-order chi connectivity index (χ0) is 12.4. The quantitative estimate of drug-likeness (QED) is 0.864. The average molecular weight is 251 g/mol. The molecule has 17 heavy (non-hydrogen) atoms. The van der Waals surface area contributed by atoms with Gasteiger partial charge in [-0.05, 0) is 11.4 Å². The fourth-order valence-electron chi connectivity index (χ4n) is 1.32. The van der Waals surface area contributed by atoms with Gasteiger partial charge in [0.1, 0.15) is 10.7 Å². The summed E-state index contributed by atoms with van der Waals surface area (Å²) in [6.45, 7) is 0. The predicted octanol–water partition coefficient (Wildman–Crippen LogP) is 1.43. The van der Waals surface area contributed by atoms with Gasteiger partial charge in [0.15, 0.2) is 0 Å². The van der Waals surface area contributed by atoms with E-state index in [1.165, 1.54) is 29.9 Å². The third kappa shape index (κ3) is 2.18. The Balaban J connectivity index is 2.22. The minimum absolute atomic E-state index is 0.0884. The molecule has 2 N–H and O–H groups in total. The molecule has 0 unspecified atom stereocenters. The first kappa shape index (κ1) is 11.3. The van der Waals surface area contributed by atoms with Gasteiger partial charge < -0.3 is 15.0 Å². The third-order valence-corrected chi connectivity index (χ3v) is 3.00. The third-order valence-electron chi connectivity index (χ3n) is 2.17. The Morgan fingerprint density at radius 3 is 2.88 bits per heavy atom. The number of aromatic carboxylic acids is 1. The summed E-state index contributed by atoms with van der Waals surface area (Å²) in [5, 5.41) is 13.4. The summed E-state index contributed by atoms with van der Waals surface area (Å²) in [6.07, 6.45) is 2.92. The summed E-state index contributed by atoms with van der Waals surface area (Å²) in [5.74, 6) is -1.44. The number of anilines is 1. The van der Waals surface area contributed by atoms with Crippen LogP contribution in [0.3, 0.4) is 0 Å². The molecule has 0 bridgehead atoms. The molecule has 2 aromatic heterocycles. The van der Waals surface area contributed by atoms with Crippen LogP contribution in [0.1, 0.15) is 20.8 Å². The number of carbonyl (C=O) groups is 2. The number of amides is 1. The fraction of sp³-hybridized carbons (Fsp3) is 0.100. The maximum Gasteiger partial charge on any atom is 0.338 e. The Hall–Kier alpha value is -2.15. The minimum atomic E-state index is -1.06. The zero-order valence-corrected chi connectivity index (χ0v) is 9.69. The largest absolute Gasteiger partial charge is 0.478 e. The van der Waals surface area contributed by atoms with E-state index >= 15 is 0 Å². The SMILES string of the molecule is Cn1cncc1C(=O)Nc1sccc1C(=O)O. The molecular formula is C10H9N3O3S. The normalized spacial score (nSPS) is 10.2. The molecule has 0 fully saturated rings. The molecule has 0 aliphatic heterocycles. The number of nitrogens with zero attached hydrogens (tertiary/aromatic N) is 2. The second-order valence-corrected chi connectivity index (χ2v) is 4.23. The molecule has 1 amide bonds. The van der Waals surface area contributed by atoms with Gasteiger partial charge in [-0.2, -0.15) is 0 Å². The average Bonchev–Trinajstić information content (AvgIpc) is 2.86. The van der Waals surface area contributed by atoms with E-state index < -0.39 is 5.97 Å². The molecule has 0 atom stereocenters. The summed E-state index contributed by atoms with van der Waals surface area (Å²) in [5.41, 5.74) is 0.459. The van der Waals surface area contributed by atoms with Gasteiger partial charge in [0.25, 0.3) is 5.91 Å². The van der Waals surface area contributed by atoms with Gasteiger partial charge in [0, 0.05) is 7.05 Å². The van der Waals surface area contributed by atoms with Gasteiger partial charge in [0.2, 0.25) is 0 Å². The lowest BCUT2D eigenvalue weighted by atomic mass is 10.3. The first-order valence-corrected chi connectivity index (χ1v) is 5.56. The highest BCUT2D eigenvalue weighted by molar-refractivity contribution is 7.14. The Bertz CT molecular complexity index is 573. The van der Waals surface area contributed by atoms with Crippen molar-refractivity contribution in [2.24, 2.45) is 7.05 Å². The highest BCUT2D eigenvalue weighted by atomic mass is 32.1. The van der Waals surface area contributed by atoms with Gasteiger partial charge in [-0.15, -0.1) is 11.3 Å². The van der Waals surface area contributed by atoms with Crippen LogP contribution < -0.4 is 5.32 Å². The first-order chi connectivity index (χ1) is 8.09. The second-order valence-electron chi connectivity index (χ2n) is 3.31. The number of thiophene rings is 1. The molecule has 2 rings (SSSR count). The van der Waals surface area contributed by atoms with Gasteiger partial charge in [0.05, 0.1) is 18.1 Å². The number of aryl methyl sites for hydroxylation is 1. The van der Waals surface area contributed by atoms with Gasteiger partial charge in [-0.1, -0.05) is 0 Å². The van der Waals surface area contributed by atoms with Crippen molar-refractivity contribution >= 4 is 28.2 Å². The smallest absolute Gasteiger partial charge is 0.338 e. The molecule has 88 valence electrons. The maximum absolute atomic E-state index is 11.8. The summed E-state index contributed by atoms with van der Waals surface area (Å²) >= 11 is 1.17. The van der Waals surface area contributed by atoms with Gasteiger partial charge in [-0.3, -0.25) is 4.79 Å². The van der Waals surface area contributed by atoms with E-state index in [1.54, 1.807) is 17.0 Å². The monoisotopic (exact) mass is 251 g/mol. The van der Waals surface area contributed by atoms with Crippen molar-refractivity contribution in [3.05, 3.63) is 35.2 Å². The first-order valence-electron chi connectivity index (χ1n) is 4.68. The van der Waals surface area contributed by atoms with Crippen molar-refractivity contribution < 1.29 is 14.7 Å². The van der Waals surface area contributed by atoms with Crippen LogP contribution >= 0.6 is 11.3 Å².